The fraction of sp³-hybridized carbons (Fsp3) is 1.00. The highest BCUT2D eigenvalue weighted by molar-refractivity contribution is 7.98. The summed E-state index contributed by atoms with van der Waals surface area (Å²) < 4.78 is 0. The normalized spacial score (nSPS) is 21.5. The molecule has 1 aliphatic carbocycles. The Bertz CT molecular complexity index is 119. The van der Waals surface area contributed by atoms with E-state index in [-0.39, 0.29) is 0 Å². The van der Waals surface area contributed by atoms with Crippen molar-refractivity contribution in [2.24, 2.45) is 11.1 Å². The third kappa shape index (κ3) is 2.67. The van der Waals surface area contributed by atoms with Crippen LogP contribution in [0.2, 0.25) is 0 Å². The van der Waals surface area contributed by atoms with E-state index in [1.165, 1.54) is 44.3 Å². The lowest BCUT2D eigenvalue weighted by Crippen LogP contribution is -2.27. The quantitative estimate of drug-likeness (QED) is 0.670. The summed E-state index contributed by atoms with van der Waals surface area (Å²) in [6, 6.07) is 0. The predicted octanol–water partition coefficient (Wildman–Crippen LogP) is 2.65. The lowest BCUT2D eigenvalue weighted by atomic mass is 9.82. The zero-order valence-electron chi connectivity index (χ0n) is 8.14. The molecule has 0 unspecified atom stereocenters. The first-order chi connectivity index (χ1) is 5.83. The van der Waals surface area contributed by atoms with Gasteiger partial charge >= 0.3 is 0 Å². The lowest BCUT2D eigenvalue weighted by molar-refractivity contribution is 0.281. The van der Waals surface area contributed by atoms with Crippen LogP contribution in [0.1, 0.15) is 38.5 Å². The van der Waals surface area contributed by atoms with E-state index in [0.29, 0.717) is 5.41 Å². The average Bonchev–Trinajstić information content (AvgIpc) is 2.55. The van der Waals surface area contributed by atoms with Crippen molar-refractivity contribution in [3.8, 4) is 0 Å². The minimum Gasteiger partial charge on any atom is -0.330 e. The molecule has 1 fully saturated rings. The van der Waals surface area contributed by atoms with Gasteiger partial charge in [-0.1, -0.05) is 12.8 Å². The standard InChI is InChI=1S/C10H21NS/c1-12-8-4-7-10(9-11)5-2-3-6-10/h2-9,11H2,1H3. The fourth-order valence-corrected chi connectivity index (χ4v) is 2.71. The van der Waals surface area contributed by atoms with Crippen LogP contribution in [0.25, 0.3) is 0 Å². The Morgan fingerprint density at radius 2 is 2.00 bits per heavy atom. The SMILES string of the molecule is CSCCCC1(CN)CCCC1. The van der Waals surface area contributed by atoms with Crippen LogP contribution in [0.3, 0.4) is 0 Å². The Balaban J connectivity index is 2.24. The maximum absolute atomic E-state index is 5.84. The largest absolute Gasteiger partial charge is 0.330 e. The molecule has 0 aromatic carbocycles. The summed E-state index contributed by atoms with van der Waals surface area (Å²) in [5, 5.41) is 0. The van der Waals surface area contributed by atoms with Gasteiger partial charge in [0.1, 0.15) is 0 Å². The summed E-state index contributed by atoms with van der Waals surface area (Å²) in [4.78, 5) is 0. The molecule has 2 N–H and O–H groups in total. The Morgan fingerprint density at radius 3 is 2.50 bits per heavy atom. The van der Waals surface area contributed by atoms with Crippen LogP contribution in [0.15, 0.2) is 0 Å². The molecular weight excluding hydrogens is 166 g/mol. The van der Waals surface area contributed by atoms with Crippen molar-refractivity contribution in [2.75, 3.05) is 18.6 Å². The number of rotatable bonds is 5. The second-order valence-electron chi connectivity index (χ2n) is 4.01. The lowest BCUT2D eigenvalue weighted by Gasteiger charge is -2.26. The Kier molecular flexibility index (Phi) is 4.44. The van der Waals surface area contributed by atoms with Crippen LogP contribution in [-0.2, 0) is 0 Å². The van der Waals surface area contributed by atoms with E-state index in [2.05, 4.69) is 6.26 Å². The molecule has 2 heteroatoms. The van der Waals surface area contributed by atoms with Crippen molar-refractivity contribution in [2.45, 2.75) is 38.5 Å². The highest BCUT2D eigenvalue weighted by atomic mass is 32.2. The Labute approximate surface area is 80.5 Å². The molecule has 0 saturated heterocycles. The fourth-order valence-electron chi connectivity index (χ4n) is 2.27. The maximum atomic E-state index is 5.84. The van der Waals surface area contributed by atoms with Crippen molar-refractivity contribution < 1.29 is 0 Å². The molecule has 0 spiro atoms. The molecule has 1 rings (SSSR count). The van der Waals surface area contributed by atoms with Crippen molar-refractivity contribution in [3.63, 3.8) is 0 Å². The van der Waals surface area contributed by atoms with Gasteiger partial charge in [0.15, 0.2) is 0 Å². The van der Waals surface area contributed by atoms with E-state index in [1.54, 1.807) is 0 Å². The molecule has 1 nitrogen and oxygen atoms in total. The first-order valence-corrected chi connectivity index (χ1v) is 6.41. The molecule has 0 heterocycles. The van der Waals surface area contributed by atoms with Crippen LogP contribution in [0, 0.1) is 5.41 Å². The van der Waals surface area contributed by atoms with Crippen LogP contribution in [-0.4, -0.2) is 18.6 Å². The molecule has 0 aliphatic heterocycles. The summed E-state index contributed by atoms with van der Waals surface area (Å²) in [7, 11) is 0. The molecule has 0 aromatic heterocycles. The van der Waals surface area contributed by atoms with Gasteiger partial charge in [-0.25, -0.2) is 0 Å². The smallest absolute Gasteiger partial charge is 0.00205 e. The minimum absolute atomic E-state index is 0.551. The molecule has 0 atom stereocenters. The summed E-state index contributed by atoms with van der Waals surface area (Å²) in [6.07, 6.45) is 10.5. The molecule has 0 bridgehead atoms. The monoisotopic (exact) mass is 187 g/mol. The van der Waals surface area contributed by atoms with Crippen molar-refractivity contribution in [1.82, 2.24) is 0 Å². The van der Waals surface area contributed by atoms with Gasteiger partial charge in [0.2, 0.25) is 0 Å². The Hall–Kier alpha value is 0.310. The third-order valence-corrected chi connectivity index (χ3v) is 3.85. The highest BCUT2D eigenvalue weighted by Crippen LogP contribution is 2.41. The van der Waals surface area contributed by atoms with Crippen molar-refractivity contribution in [1.29, 1.82) is 0 Å². The Morgan fingerprint density at radius 1 is 1.33 bits per heavy atom. The van der Waals surface area contributed by atoms with Crippen LogP contribution in [0.4, 0.5) is 0 Å². The highest BCUT2D eigenvalue weighted by Gasteiger charge is 2.31. The molecule has 0 radical (unpaired) electrons. The average molecular weight is 187 g/mol. The summed E-state index contributed by atoms with van der Waals surface area (Å²) >= 11 is 1.95. The van der Waals surface area contributed by atoms with Gasteiger partial charge in [-0.15, -0.1) is 0 Å². The zero-order valence-corrected chi connectivity index (χ0v) is 8.96. The molecule has 0 amide bonds. The summed E-state index contributed by atoms with van der Waals surface area (Å²) in [5.41, 5.74) is 6.40. The first-order valence-electron chi connectivity index (χ1n) is 5.02. The van der Waals surface area contributed by atoms with Crippen molar-refractivity contribution >= 4 is 11.8 Å². The van der Waals surface area contributed by atoms with Gasteiger partial charge in [0.25, 0.3) is 0 Å². The number of hydrogen-bond acceptors (Lipinski definition) is 2. The molecule has 12 heavy (non-hydrogen) atoms. The summed E-state index contributed by atoms with van der Waals surface area (Å²) in [5.74, 6) is 1.31. The van der Waals surface area contributed by atoms with E-state index in [0.717, 1.165) is 6.54 Å². The topological polar surface area (TPSA) is 26.0 Å². The number of hydrogen-bond donors (Lipinski definition) is 1. The van der Waals surface area contributed by atoms with E-state index in [9.17, 15) is 0 Å². The third-order valence-electron chi connectivity index (χ3n) is 3.15. The first kappa shape index (κ1) is 10.4. The van der Waals surface area contributed by atoms with E-state index < -0.39 is 0 Å². The van der Waals surface area contributed by atoms with Gasteiger partial charge in [-0.3, -0.25) is 0 Å². The van der Waals surface area contributed by atoms with Crippen LogP contribution >= 0.6 is 11.8 Å². The van der Waals surface area contributed by atoms with Gasteiger partial charge in [0, 0.05) is 0 Å². The molecule has 72 valence electrons. The molecule has 1 saturated carbocycles. The molecule has 0 aromatic rings. The van der Waals surface area contributed by atoms with Crippen molar-refractivity contribution in [3.05, 3.63) is 0 Å². The minimum atomic E-state index is 0.551. The van der Waals surface area contributed by atoms with E-state index in [4.69, 9.17) is 5.73 Å². The van der Waals surface area contributed by atoms with Gasteiger partial charge in [0.05, 0.1) is 0 Å². The van der Waals surface area contributed by atoms with Gasteiger partial charge < -0.3 is 5.73 Å². The molecular formula is C10H21NS. The molecule has 1 aliphatic rings. The van der Waals surface area contributed by atoms with E-state index in [1.807, 2.05) is 11.8 Å². The second kappa shape index (κ2) is 5.13. The second-order valence-corrected chi connectivity index (χ2v) is 4.99. The van der Waals surface area contributed by atoms with E-state index >= 15 is 0 Å². The van der Waals surface area contributed by atoms with Gasteiger partial charge in [-0.2, -0.15) is 11.8 Å². The maximum Gasteiger partial charge on any atom is -0.00205 e. The van der Waals surface area contributed by atoms with Crippen LogP contribution in [0.5, 0.6) is 0 Å². The predicted molar refractivity (Wildman–Crippen MR) is 57.6 cm³/mol. The number of nitrogens with two attached hydrogens (primary N) is 1. The zero-order chi connectivity index (χ0) is 8.86. The van der Waals surface area contributed by atoms with Crippen LogP contribution < -0.4 is 5.73 Å². The number of thioether (sulfide) groups is 1. The summed E-state index contributed by atoms with van der Waals surface area (Å²) in [6.45, 7) is 0.918. The van der Waals surface area contributed by atoms with Gasteiger partial charge in [-0.05, 0) is 49.7 Å².